The second-order valence-corrected chi connectivity index (χ2v) is 4.44. The van der Waals surface area contributed by atoms with E-state index in [1.165, 1.54) is 6.21 Å². The first-order chi connectivity index (χ1) is 10.7. The third kappa shape index (κ3) is 4.06. The molecule has 2 rings (SSSR count). The van der Waals surface area contributed by atoms with Gasteiger partial charge in [0, 0.05) is 11.8 Å². The third-order valence-corrected chi connectivity index (χ3v) is 2.90. The molecule has 0 saturated carbocycles. The second-order valence-electron chi connectivity index (χ2n) is 4.44. The maximum Gasteiger partial charge on any atom is 0.343 e. The first-order valence-corrected chi connectivity index (χ1v) is 6.97. The lowest BCUT2D eigenvalue weighted by Crippen LogP contribution is -2.11. The van der Waals surface area contributed by atoms with Crippen molar-refractivity contribution in [1.29, 1.82) is 0 Å². The zero-order valence-electron chi connectivity index (χ0n) is 12.3. The van der Waals surface area contributed by atoms with Crippen molar-refractivity contribution in [2.24, 2.45) is 4.99 Å². The molecule has 2 aromatic carbocycles. The van der Waals surface area contributed by atoms with Gasteiger partial charge in [0.2, 0.25) is 0 Å². The molecule has 0 unspecified atom stereocenters. The van der Waals surface area contributed by atoms with Crippen LogP contribution in [-0.4, -0.2) is 23.9 Å². The van der Waals surface area contributed by atoms with Crippen LogP contribution in [0.2, 0.25) is 0 Å². The first-order valence-electron chi connectivity index (χ1n) is 6.97. The molecular weight excluding hydrogens is 278 g/mol. The smallest absolute Gasteiger partial charge is 0.343 e. The first kappa shape index (κ1) is 15.5. The molecule has 0 spiro atoms. The molecule has 0 bridgehead atoms. The van der Waals surface area contributed by atoms with Gasteiger partial charge in [-0.25, -0.2) is 4.79 Å². The third-order valence-electron chi connectivity index (χ3n) is 2.90. The fraction of sp³-hybridized carbons (Fsp3) is 0.111. The molecule has 0 amide bonds. The Labute approximate surface area is 129 Å². The van der Waals surface area contributed by atoms with Crippen LogP contribution < -0.4 is 0 Å². The molecule has 0 aliphatic heterocycles. The highest BCUT2D eigenvalue weighted by Crippen LogP contribution is 2.17. The summed E-state index contributed by atoms with van der Waals surface area (Å²) in [7, 11) is 0. The molecule has 0 heterocycles. The van der Waals surface area contributed by atoms with E-state index in [9.17, 15) is 9.90 Å². The maximum atomic E-state index is 12.0. The van der Waals surface area contributed by atoms with Crippen molar-refractivity contribution in [1.82, 2.24) is 0 Å². The van der Waals surface area contributed by atoms with Gasteiger partial charge in [-0.3, -0.25) is 4.99 Å². The van der Waals surface area contributed by atoms with Gasteiger partial charge < -0.3 is 9.84 Å². The van der Waals surface area contributed by atoms with Crippen LogP contribution in [0.1, 0.15) is 12.5 Å². The lowest BCUT2D eigenvalue weighted by molar-refractivity contribution is -0.137. The van der Waals surface area contributed by atoms with Gasteiger partial charge in [-0.05, 0) is 19.1 Å². The highest BCUT2D eigenvalue weighted by molar-refractivity contribution is 6.15. The number of nitrogens with zero attached hydrogens (tertiary/aromatic N) is 1. The predicted octanol–water partition coefficient (Wildman–Crippen LogP) is 3.92. The molecule has 0 saturated heterocycles. The van der Waals surface area contributed by atoms with E-state index in [1.54, 1.807) is 43.3 Å². The maximum absolute atomic E-state index is 12.0. The normalized spacial score (nSPS) is 12.0. The van der Waals surface area contributed by atoms with Gasteiger partial charge >= 0.3 is 5.97 Å². The number of aliphatic hydroxyl groups excluding tert-OH is 1. The molecule has 0 atom stereocenters. The van der Waals surface area contributed by atoms with Crippen LogP contribution in [0.4, 0.5) is 5.69 Å². The SMILES string of the molecule is CCOC(=O)C(C=Nc1ccccc1)=C(O)c1ccccc1. The highest BCUT2D eigenvalue weighted by atomic mass is 16.5. The lowest BCUT2D eigenvalue weighted by atomic mass is 10.1. The van der Waals surface area contributed by atoms with Gasteiger partial charge in [0.05, 0.1) is 12.3 Å². The van der Waals surface area contributed by atoms with Crippen LogP contribution in [0, 0.1) is 0 Å². The highest BCUT2D eigenvalue weighted by Gasteiger charge is 2.16. The van der Waals surface area contributed by atoms with Gasteiger partial charge in [-0.15, -0.1) is 0 Å². The number of hydrogen-bond donors (Lipinski definition) is 1. The van der Waals surface area contributed by atoms with Gasteiger partial charge in [0.1, 0.15) is 11.3 Å². The van der Waals surface area contributed by atoms with Crippen LogP contribution in [0.15, 0.2) is 71.2 Å². The van der Waals surface area contributed by atoms with Gasteiger partial charge in [0.25, 0.3) is 0 Å². The molecule has 2 aromatic rings. The summed E-state index contributed by atoms with van der Waals surface area (Å²) < 4.78 is 4.99. The molecule has 4 heteroatoms. The van der Waals surface area contributed by atoms with Crippen molar-refractivity contribution in [3.63, 3.8) is 0 Å². The summed E-state index contributed by atoms with van der Waals surface area (Å²) in [6.45, 7) is 1.94. The molecule has 0 radical (unpaired) electrons. The van der Waals surface area contributed by atoms with Crippen LogP contribution >= 0.6 is 0 Å². The molecule has 1 N–H and O–H groups in total. The Balaban J connectivity index is 2.39. The summed E-state index contributed by atoms with van der Waals surface area (Å²) in [6, 6.07) is 18.0. The number of para-hydroxylation sites is 1. The zero-order valence-corrected chi connectivity index (χ0v) is 12.3. The Kier molecular flexibility index (Phi) is 5.49. The summed E-state index contributed by atoms with van der Waals surface area (Å²) in [5, 5.41) is 10.3. The van der Waals surface area contributed by atoms with E-state index < -0.39 is 5.97 Å². The minimum Gasteiger partial charge on any atom is -0.506 e. The molecule has 0 aliphatic carbocycles. The zero-order chi connectivity index (χ0) is 15.8. The summed E-state index contributed by atoms with van der Waals surface area (Å²) in [6.07, 6.45) is 1.33. The van der Waals surface area contributed by atoms with Crippen molar-refractivity contribution < 1.29 is 14.6 Å². The quantitative estimate of drug-likeness (QED) is 0.393. The van der Waals surface area contributed by atoms with Crippen molar-refractivity contribution in [2.75, 3.05) is 6.61 Å². The second kappa shape index (κ2) is 7.78. The largest absolute Gasteiger partial charge is 0.506 e. The van der Waals surface area contributed by atoms with Gasteiger partial charge in [-0.1, -0.05) is 48.5 Å². The number of aliphatic hydroxyl groups is 1. The molecule has 0 aliphatic rings. The molecule has 0 fully saturated rings. The van der Waals surface area contributed by atoms with E-state index in [-0.39, 0.29) is 17.9 Å². The fourth-order valence-corrected chi connectivity index (χ4v) is 1.82. The number of hydrogen-bond acceptors (Lipinski definition) is 4. The van der Waals surface area contributed by atoms with Crippen molar-refractivity contribution in [2.45, 2.75) is 6.92 Å². The van der Waals surface area contributed by atoms with Crippen LogP contribution in [-0.2, 0) is 9.53 Å². The van der Waals surface area contributed by atoms with Crippen molar-refractivity contribution >= 4 is 23.6 Å². The Morgan fingerprint density at radius 3 is 2.27 bits per heavy atom. The van der Waals surface area contributed by atoms with E-state index in [0.29, 0.717) is 11.3 Å². The molecule has 0 aromatic heterocycles. The monoisotopic (exact) mass is 295 g/mol. The van der Waals surface area contributed by atoms with Crippen LogP contribution in [0.5, 0.6) is 0 Å². The van der Waals surface area contributed by atoms with Crippen LogP contribution in [0.3, 0.4) is 0 Å². The Morgan fingerprint density at radius 1 is 1.09 bits per heavy atom. The van der Waals surface area contributed by atoms with E-state index in [1.807, 2.05) is 24.3 Å². The van der Waals surface area contributed by atoms with Gasteiger partial charge in [0.15, 0.2) is 0 Å². The van der Waals surface area contributed by atoms with E-state index in [2.05, 4.69) is 4.99 Å². The predicted molar refractivity (Wildman–Crippen MR) is 87.2 cm³/mol. The molecule has 4 nitrogen and oxygen atoms in total. The van der Waals surface area contributed by atoms with E-state index in [4.69, 9.17) is 4.74 Å². The van der Waals surface area contributed by atoms with Crippen molar-refractivity contribution in [3.8, 4) is 0 Å². The summed E-state index contributed by atoms with van der Waals surface area (Å²) >= 11 is 0. The number of aliphatic imine (C=N–C) groups is 1. The average molecular weight is 295 g/mol. The standard InChI is InChI=1S/C18H17NO3/c1-2-22-18(21)16(13-19-15-11-7-4-8-12-15)17(20)14-9-5-3-6-10-14/h3-13,20H,2H2,1H3. The number of rotatable bonds is 5. The van der Waals surface area contributed by atoms with E-state index in [0.717, 1.165) is 0 Å². The van der Waals surface area contributed by atoms with Crippen molar-refractivity contribution in [3.05, 3.63) is 71.8 Å². The molecule has 22 heavy (non-hydrogen) atoms. The van der Waals surface area contributed by atoms with Gasteiger partial charge in [-0.2, -0.15) is 0 Å². The number of esters is 1. The summed E-state index contributed by atoms with van der Waals surface area (Å²) in [4.78, 5) is 16.3. The van der Waals surface area contributed by atoms with E-state index >= 15 is 0 Å². The Hall–Kier alpha value is -2.88. The minimum atomic E-state index is -0.608. The molecule has 112 valence electrons. The topological polar surface area (TPSA) is 58.9 Å². The Morgan fingerprint density at radius 2 is 1.68 bits per heavy atom. The average Bonchev–Trinajstić information content (AvgIpc) is 2.57. The Bertz CT molecular complexity index is 676. The number of ether oxygens (including phenoxy) is 1. The molecular formula is C18H17NO3. The lowest BCUT2D eigenvalue weighted by Gasteiger charge is -2.06. The summed E-state index contributed by atoms with van der Waals surface area (Å²) in [5.41, 5.74) is 1.24. The minimum absolute atomic E-state index is 0.0249. The fourth-order valence-electron chi connectivity index (χ4n) is 1.82. The van der Waals surface area contributed by atoms with Crippen LogP contribution in [0.25, 0.3) is 5.76 Å². The number of carbonyl (C=O) groups is 1. The summed E-state index contributed by atoms with van der Waals surface area (Å²) in [5.74, 6) is -0.762. The number of benzene rings is 2. The number of carbonyl (C=O) groups excluding carboxylic acids is 1.